The van der Waals surface area contributed by atoms with Crippen molar-refractivity contribution in [1.29, 1.82) is 0 Å². The lowest BCUT2D eigenvalue weighted by atomic mass is 10.2. The third-order valence-corrected chi connectivity index (χ3v) is 4.47. The zero-order valence-corrected chi connectivity index (χ0v) is 15.0. The minimum absolute atomic E-state index is 0.0620. The summed E-state index contributed by atoms with van der Waals surface area (Å²) in [6, 6.07) is 5.99. The average Bonchev–Trinajstić information content (AvgIpc) is 2.89. The molecule has 7 nitrogen and oxygen atoms in total. The fourth-order valence-electron chi connectivity index (χ4n) is 1.70. The molecule has 1 aliphatic rings. The van der Waals surface area contributed by atoms with Gasteiger partial charge < -0.3 is 16.4 Å². The summed E-state index contributed by atoms with van der Waals surface area (Å²) in [5.41, 5.74) is 6.52. The van der Waals surface area contributed by atoms with Crippen LogP contribution in [0.3, 0.4) is 0 Å². The van der Waals surface area contributed by atoms with Gasteiger partial charge in [0.2, 0.25) is 0 Å². The fourth-order valence-corrected chi connectivity index (χ4v) is 2.61. The van der Waals surface area contributed by atoms with E-state index >= 15 is 0 Å². The minimum Gasteiger partial charge on any atom is -0.356 e. The lowest BCUT2D eigenvalue weighted by Gasteiger charge is -2.04. The van der Waals surface area contributed by atoms with Crippen LogP contribution in [0.1, 0.15) is 12.0 Å². The van der Waals surface area contributed by atoms with Crippen molar-refractivity contribution in [3.8, 4) is 0 Å². The van der Waals surface area contributed by atoms with Crippen LogP contribution in [-0.2, 0) is 10.1 Å². The Morgan fingerprint density at radius 2 is 2.09 bits per heavy atom. The van der Waals surface area contributed by atoms with Crippen LogP contribution in [0.5, 0.6) is 0 Å². The molecule has 0 bridgehead atoms. The molecule has 0 saturated carbocycles. The highest BCUT2D eigenvalue weighted by atomic mass is 32.2. The lowest BCUT2D eigenvalue weighted by Crippen LogP contribution is -2.35. The summed E-state index contributed by atoms with van der Waals surface area (Å²) in [7, 11) is -4.02. The maximum atomic E-state index is 10.5. The highest BCUT2D eigenvalue weighted by Gasteiger charge is 2.10. The van der Waals surface area contributed by atoms with Crippen LogP contribution in [-0.4, -0.2) is 50.2 Å². The van der Waals surface area contributed by atoms with E-state index in [4.69, 9.17) is 10.3 Å². The molecule has 130 valence electrons. The zero-order chi connectivity index (χ0) is 17.3. The van der Waals surface area contributed by atoms with E-state index in [1.807, 2.05) is 18.7 Å². The number of aliphatic imine (C=N–C) groups is 1. The molecule has 9 heteroatoms. The molecule has 23 heavy (non-hydrogen) atoms. The Morgan fingerprint density at radius 1 is 1.43 bits per heavy atom. The Bertz CT molecular complexity index is 603. The number of benzene rings is 1. The van der Waals surface area contributed by atoms with E-state index in [1.54, 1.807) is 12.1 Å². The summed E-state index contributed by atoms with van der Waals surface area (Å²) in [6.07, 6.45) is 3.21. The van der Waals surface area contributed by atoms with Gasteiger partial charge in [-0.15, -0.1) is 0 Å². The molecule has 0 amide bonds. The zero-order valence-electron chi connectivity index (χ0n) is 13.3. The van der Waals surface area contributed by atoms with Gasteiger partial charge in [0.1, 0.15) is 6.17 Å². The van der Waals surface area contributed by atoms with E-state index in [0.717, 1.165) is 31.0 Å². The summed E-state index contributed by atoms with van der Waals surface area (Å²) in [4.78, 5) is 4.08. The molecule has 0 fully saturated rings. The number of hydrogen-bond donors (Lipinski definition) is 4. The van der Waals surface area contributed by atoms with Gasteiger partial charge in [-0.3, -0.25) is 4.55 Å². The molecule has 1 aromatic rings. The Morgan fingerprint density at radius 3 is 2.57 bits per heavy atom. The lowest BCUT2D eigenvalue weighted by molar-refractivity contribution is 0.483. The molecule has 5 N–H and O–H groups in total. The molecule has 0 saturated heterocycles. The van der Waals surface area contributed by atoms with Crippen molar-refractivity contribution in [3.63, 3.8) is 0 Å². The van der Waals surface area contributed by atoms with Crippen LogP contribution in [0, 0.1) is 6.92 Å². The van der Waals surface area contributed by atoms with Crippen molar-refractivity contribution in [2.45, 2.75) is 24.4 Å². The van der Waals surface area contributed by atoms with Crippen LogP contribution in [0.2, 0.25) is 0 Å². The van der Waals surface area contributed by atoms with Crippen molar-refractivity contribution < 1.29 is 13.0 Å². The van der Waals surface area contributed by atoms with Gasteiger partial charge in [-0.2, -0.15) is 20.2 Å². The smallest absolute Gasteiger partial charge is 0.294 e. The quantitative estimate of drug-likeness (QED) is 0.453. The molecule has 0 radical (unpaired) electrons. The van der Waals surface area contributed by atoms with Gasteiger partial charge in [0.05, 0.1) is 11.4 Å². The number of nitrogens with two attached hydrogens (primary N) is 1. The number of nitrogens with one attached hydrogen (secondary N) is 2. The van der Waals surface area contributed by atoms with Crippen molar-refractivity contribution in [3.05, 3.63) is 29.8 Å². The van der Waals surface area contributed by atoms with E-state index in [1.165, 1.54) is 17.9 Å². The van der Waals surface area contributed by atoms with E-state index < -0.39 is 10.1 Å². The second-order valence-electron chi connectivity index (χ2n) is 4.99. The number of thioether (sulfide) groups is 1. The second-order valence-corrected chi connectivity index (χ2v) is 7.39. The number of aryl methyl sites for hydroxylation is 1. The van der Waals surface area contributed by atoms with Crippen LogP contribution in [0.4, 0.5) is 0 Å². The van der Waals surface area contributed by atoms with Crippen molar-refractivity contribution in [1.82, 2.24) is 10.6 Å². The molecular weight excluding hydrogens is 336 g/mol. The van der Waals surface area contributed by atoms with Crippen molar-refractivity contribution >= 4 is 27.8 Å². The SMILES string of the molecule is CSCCCNC1=NC(N)CN1.Cc1ccc(S(=O)(=O)O)cc1. The Hall–Kier alpha value is -1.29. The van der Waals surface area contributed by atoms with Gasteiger partial charge in [-0.1, -0.05) is 17.7 Å². The number of rotatable bonds is 5. The number of guanidine groups is 1. The maximum Gasteiger partial charge on any atom is 0.294 e. The Labute approximate surface area is 141 Å². The highest BCUT2D eigenvalue weighted by Crippen LogP contribution is 2.08. The first kappa shape index (κ1) is 19.8. The molecular formula is C14H24N4O3S2. The monoisotopic (exact) mass is 360 g/mol. The maximum absolute atomic E-state index is 10.5. The van der Waals surface area contributed by atoms with Gasteiger partial charge in [-0.05, 0) is 37.5 Å². The third-order valence-electron chi connectivity index (χ3n) is 2.91. The Balaban J connectivity index is 0.000000231. The van der Waals surface area contributed by atoms with Gasteiger partial charge in [0.15, 0.2) is 5.96 Å². The Kier molecular flexibility index (Phi) is 8.38. The molecule has 2 rings (SSSR count). The third kappa shape index (κ3) is 8.21. The second kappa shape index (κ2) is 9.76. The van der Waals surface area contributed by atoms with E-state index in [-0.39, 0.29) is 11.1 Å². The summed E-state index contributed by atoms with van der Waals surface area (Å²) in [5, 5.41) is 6.28. The molecule has 0 spiro atoms. The first-order chi connectivity index (χ1) is 10.8. The number of hydrogen-bond acceptors (Lipinski definition) is 7. The molecule has 1 aliphatic heterocycles. The van der Waals surface area contributed by atoms with Crippen LogP contribution >= 0.6 is 11.8 Å². The molecule has 1 unspecified atom stereocenters. The molecule has 1 atom stereocenters. The van der Waals surface area contributed by atoms with Crippen LogP contribution in [0.15, 0.2) is 34.2 Å². The van der Waals surface area contributed by atoms with Crippen molar-refractivity contribution in [2.75, 3.05) is 25.1 Å². The molecule has 1 aromatic carbocycles. The average molecular weight is 361 g/mol. The topological polar surface area (TPSA) is 117 Å². The van der Waals surface area contributed by atoms with E-state index in [2.05, 4.69) is 21.9 Å². The van der Waals surface area contributed by atoms with E-state index in [0.29, 0.717) is 0 Å². The normalized spacial score (nSPS) is 16.9. The largest absolute Gasteiger partial charge is 0.356 e. The molecule has 0 aliphatic carbocycles. The molecule has 0 aromatic heterocycles. The van der Waals surface area contributed by atoms with Gasteiger partial charge >= 0.3 is 0 Å². The first-order valence-corrected chi connectivity index (χ1v) is 10.0. The van der Waals surface area contributed by atoms with Crippen LogP contribution < -0.4 is 16.4 Å². The van der Waals surface area contributed by atoms with Gasteiger partial charge in [0.25, 0.3) is 10.1 Å². The summed E-state index contributed by atoms with van der Waals surface area (Å²) in [6.45, 7) is 3.57. The fraction of sp³-hybridized carbons (Fsp3) is 0.500. The summed E-state index contributed by atoms with van der Waals surface area (Å²) >= 11 is 1.86. The van der Waals surface area contributed by atoms with Gasteiger partial charge in [0, 0.05) is 6.54 Å². The predicted octanol–water partition coefficient (Wildman–Crippen LogP) is 0.815. The van der Waals surface area contributed by atoms with Crippen molar-refractivity contribution in [2.24, 2.45) is 10.7 Å². The first-order valence-electron chi connectivity index (χ1n) is 7.17. The van der Waals surface area contributed by atoms with E-state index in [9.17, 15) is 8.42 Å². The molecule has 1 heterocycles. The predicted molar refractivity (Wildman–Crippen MR) is 95.4 cm³/mol. The summed E-state index contributed by atoms with van der Waals surface area (Å²) < 4.78 is 29.6. The highest BCUT2D eigenvalue weighted by molar-refractivity contribution is 7.98. The summed E-state index contributed by atoms with van der Waals surface area (Å²) in [5.74, 6) is 2.04. The van der Waals surface area contributed by atoms with Crippen LogP contribution in [0.25, 0.3) is 0 Å². The number of nitrogens with zero attached hydrogens (tertiary/aromatic N) is 1. The minimum atomic E-state index is -4.02. The van der Waals surface area contributed by atoms with Gasteiger partial charge in [-0.25, -0.2) is 4.99 Å². The standard InChI is InChI=1S/C7H16N4S.C7H8O3S/c1-12-4-2-3-9-7-10-5-6(8)11-7;1-6-2-4-7(5-3-6)11(8,9)10/h6H,2-5,8H2,1H3,(H2,9,10,11);2-5H,1H3,(H,8,9,10).